The fourth-order valence-corrected chi connectivity index (χ4v) is 9.66. The highest BCUT2D eigenvalue weighted by atomic mass is 15.2. The third-order valence-corrected chi connectivity index (χ3v) is 12.8. The van der Waals surface area contributed by atoms with Crippen LogP contribution in [0.4, 0.5) is 17.1 Å². The SMILES string of the molecule is CC(C)(C)c1ccc(-c2ccccc2)c(N(c2ccccc2-c2ccc3c4ccccc4n(-c4ccccc4)c3c2)c2ccccc2-c2cccc3cccc(-c4ccccc4)c23)c1. The number of anilines is 3. The summed E-state index contributed by atoms with van der Waals surface area (Å²) in [6, 6.07) is 86.7. The molecule has 1 aromatic heterocycles. The van der Waals surface area contributed by atoms with E-state index in [0.717, 1.165) is 39.4 Å². The predicted molar refractivity (Wildman–Crippen MR) is 273 cm³/mol. The monoisotopic (exact) mass is 820 g/mol. The summed E-state index contributed by atoms with van der Waals surface area (Å²) >= 11 is 0. The molecular weight excluding hydrogens is 773 g/mol. The first-order valence-corrected chi connectivity index (χ1v) is 22.3. The maximum atomic E-state index is 2.54. The normalized spacial score (nSPS) is 11.7. The number of para-hydroxylation sites is 4. The first-order chi connectivity index (χ1) is 31.4. The average molecular weight is 821 g/mol. The number of rotatable bonds is 8. The van der Waals surface area contributed by atoms with E-state index in [9.17, 15) is 0 Å². The van der Waals surface area contributed by atoms with Gasteiger partial charge in [0, 0.05) is 33.2 Å². The van der Waals surface area contributed by atoms with Gasteiger partial charge in [-0.3, -0.25) is 0 Å². The number of hydrogen-bond donors (Lipinski definition) is 0. The zero-order valence-corrected chi connectivity index (χ0v) is 36.4. The van der Waals surface area contributed by atoms with Crippen LogP contribution in [0, 0.1) is 0 Å². The van der Waals surface area contributed by atoms with E-state index in [1.54, 1.807) is 0 Å². The van der Waals surface area contributed by atoms with Gasteiger partial charge >= 0.3 is 0 Å². The molecule has 0 bridgehead atoms. The number of fused-ring (bicyclic) bond motifs is 4. The molecule has 0 N–H and O–H groups in total. The van der Waals surface area contributed by atoms with Crippen molar-refractivity contribution in [3.8, 4) is 50.2 Å². The van der Waals surface area contributed by atoms with Crippen LogP contribution < -0.4 is 4.90 Å². The topological polar surface area (TPSA) is 8.17 Å². The van der Waals surface area contributed by atoms with Gasteiger partial charge < -0.3 is 9.47 Å². The van der Waals surface area contributed by atoms with Gasteiger partial charge in [-0.2, -0.15) is 0 Å². The van der Waals surface area contributed by atoms with Crippen LogP contribution in [-0.2, 0) is 5.41 Å². The third-order valence-electron chi connectivity index (χ3n) is 12.8. The van der Waals surface area contributed by atoms with Gasteiger partial charge in [0.25, 0.3) is 0 Å². The molecule has 11 rings (SSSR count). The average Bonchev–Trinajstić information content (AvgIpc) is 3.68. The van der Waals surface area contributed by atoms with Gasteiger partial charge in [-0.15, -0.1) is 0 Å². The van der Waals surface area contributed by atoms with Crippen molar-refractivity contribution in [2.45, 2.75) is 26.2 Å². The molecule has 0 fully saturated rings. The van der Waals surface area contributed by atoms with E-state index < -0.39 is 0 Å². The summed E-state index contributed by atoms with van der Waals surface area (Å²) < 4.78 is 2.41. The van der Waals surface area contributed by atoms with E-state index in [0.29, 0.717) is 0 Å². The minimum absolute atomic E-state index is 0.0925. The van der Waals surface area contributed by atoms with Gasteiger partial charge in [0.05, 0.1) is 28.1 Å². The fraction of sp³-hybridized carbons (Fsp3) is 0.0645. The van der Waals surface area contributed by atoms with Crippen LogP contribution in [0.3, 0.4) is 0 Å². The van der Waals surface area contributed by atoms with Crippen LogP contribution in [-0.4, -0.2) is 4.57 Å². The third kappa shape index (κ3) is 6.85. The molecule has 2 heteroatoms. The number of benzene rings is 10. The summed E-state index contributed by atoms with van der Waals surface area (Å²) in [6.45, 7) is 6.92. The molecule has 0 spiro atoms. The molecule has 306 valence electrons. The highest BCUT2D eigenvalue weighted by molar-refractivity contribution is 6.12. The van der Waals surface area contributed by atoms with E-state index in [1.807, 2.05) is 0 Å². The fourth-order valence-electron chi connectivity index (χ4n) is 9.66. The summed E-state index contributed by atoms with van der Waals surface area (Å²) in [6.07, 6.45) is 0. The predicted octanol–water partition coefficient (Wildman–Crippen LogP) is 17.4. The van der Waals surface area contributed by atoms with Crippen molar-refractivity contribution in [2.24, 2.45) is 0 Å². The van der Waals surface area contributed by atoms with Crippen LogP contribution in [0.5, 0.6) is 0 Å². The Balaban J connectivity index is 1.22. The van der Waals surface area contributed by atoms with E-state index in [2.05, 4.69) is 267 Å². The highest BCUT2D eigenvalue weighted by Crippen LogP contribution is 2.50. The van der Waals surface area contributed by atoms with Crippen molar-refractivity contribution in [3.63, 3.8) is 0 Å². The maximum Gasteiger partial charge on any atom is 0.0547 e. The Hall–Kier alpha value is -7.94. The van der Waals surface area contributed by atoms with Crippen LogP contribution in [0.15, 0.2) is 237 Å². The van der Waals surface area contributed by atoms with Crippen molar-refractivity contribution in [2.75, 3.05) is 4.90 Å². The zero-order valence-electron chi connectivity index (χ0n) is 36.4. The minimum atomic E-state index is -0.0925. The largest absolute Gasteiger partial charge is 0.309 e. The lowest BCUT2D eigenvalue weighted by molar-refractivity contribution is 0.590. The Kier molecular flexibility index (Phi) is 9.78. The Bertz CT molecular complexity index is 3460. The van der Waals surface area contributed by atoms with Crippen molar-refractivity contribution in [1.82, 2.24) is 4.57 Å². The van der Waals surface area contributed by atoms with Crippen LogP contribution in [0.25, 0.3) is 82.8 Å². The molecule has 2 nitrogen and oxygen atoms in total. The first kappa shape index (κ1) is 38.9. The molecule has 0 unspecified atom stereocenters. The van der Waals surface area contributed by atoms with Crippen molar-refractivity contribution in [1.29, 1.82) is 0 Å². The summed E-state index contributed by atoms with van der Waals surface area (Å²) in [5.41, 5.74) is 17.4. The molecule has 0 aliphatic carbocycles. The summed E-state index contributed by atoms with van der Waals surface area (Å²) in [7, 11) is 0. The Morgan fingerprint density at radius 1 is 0.344 bits per heavy atom. The lowest BCUT2D eigenvalue weighted by Crippen LogP contribution is -2.16. The van der Waals surface area contributed by atoms with Gasteiger partial charge in [-0.25, -0.2) is 0 Å². The standard InChI is InChI=1S/C62H48N2/c1-62(2,3)47-38-40-50(43-21-7-4-8-22-43)60(42-47)64(58-36-18-15-31-53(58)55-33-20-26-45-25-19-32-51(61(45)55)44-23-9-5-10-24-44)56-34-16-13-29-49(56)46-37-39-54-52-30-14-17-35-57(52)63(59(54)41-46)48-27-11-6-12-28-48/h4-42H,1-3H3. The smallest absolute Gasteiger partial charge is 0.0547 e. The molecule has 0 radical (unpaired) electrons. The summed E-state index contributed by atoms with van der Waals surface area (Å²) in [5.74, 6) is 0. The first-order valence-electron chi connectivity index (χ1n) is 22.3. The highest BCUT2D eigenvalue weighted by Gasteiger charge is 2.27. The molecule has 0 aliphatic rings. The second-order valence-corrected chi connectivity index (χ2v) is 17.7. The van der Waals surface area contributed by atoms with Crippen molar-refractivity contribution < 1.29 is 0 Å². The van der Waals surface area contributed by atoms with Gasteiger partial charge in [-0.1, -0.05) is 215 Å². The maximum absolute atomic E-state index is 2.54. The molecule has 0 aliphatic heterocycles. The molecule has 1 heterocycles. The molecule has 11 aromatic rings. The molecule has 0 amide bonds. The van der Waals surface area contributed by atoms with E-state index in [1.165, 1.54) is 66.0 Å². The molecular formula is C62H48N2. The second-order valence-electron chi connectivity index (χ2n) is 17.7. The minimum Gasteiger partial charge on any atom is -0.309 e. The lowest BCUT2D eigenvalue weighted by Gasteiger charge is -2.33. The van der Waals surface area contributed by atoms with E-state index in [4.69, 9.17) is 0 Å². The summed E-state index contributed by atoms with van der Waals surface area (Å²) in [5, 5.41) is 4.93. The van der Waals surface area contributed by atoms with Crippen molar-refractivity contribution in [3.05, 3.63) is 242 Å². The van der Waals surface area contributed by atoms with E-state index >= 15 is 0 Å². The quantitative estimate of drug-likeness (QED) is 0.148. The summed E-state index contributed by atoms with van der Waals surface area (Å²) in [4.78, 5) is 2.54. The van der Waals surface area contributed by atoms with E-state index in [-0.39, 0.29) is 5.41 Å². The number of hydrogen-bond acceptors (Lipinski definition) is 1. The number of nitrogens with zero attached hydrogens (tertiary/aromatic N) is 2. The van der Waals surface area contributed by atoms with Crippen molar-refractivity contribution >= 4 is 49.6 Å². The second kappa shape index (κ2) is 16.1. The Morgan fingerprint density at radius 3 is 1.58 bits per heavy atom. The molecule has 0 saturated carbocycles. The Labute approximate surface area is 376 Å². The molecule has 10 aromatic carbocycles. The molecule has 64 heavy (non-hydrogen) atoms. The van der Waals surface area contributed by atoms with Crippen LogP contribution in [0.2, 0.25) is 0 Å². The Morgan fingerprint density at radius 2 is 0.875 bits per heavy atom. The van der Waals surface area contributed by atoms with Gasteiger partial charge in [-0.05, 0) is 92.0 Å². The van der Waals surface area contributed by atoms with Crippen LogP contribution in [0.1, 0.15) is 26.3 Å². The number of aromatic nitrogens is 1. The van der Waals surface area contributed by atoms with Gasteiger partial charge in [0.2, 0.25) is 0 Å². The molecule has 0 saturated heterocycles. The lowest BCUT2D eigenvalue weighted by atomic mass is 9.85. The van der Waals surface area contributed by atoms with Gasteiger partial charge in [0.1, 0.15) is 0 Å². The van der Waals surface area contributed by atoms with Crippen LogP contribution >= 0.6 is 0 Å². The zero-order chi connectivity index (χ0) is 43.2. The molecule has 0 atom stereocenters. The van der Waals surface area contributed by atoms with Gasteiger partial charge in [0.15, 0.2) is 0 Å².